The lowest BCUT2D eigenvalue weighted by molar-refractivity contribution is 0.0653. The number of amides is 2. The zero-order valence-electron chi connectivity index (χ0n) is 14.0. The van der Waals surface area contributed by atoms with Crippen molar-refractivity contribution in [2.24, 2.45) is 0 Å². The number of benzene rings is 2. The van der Waals surface area contributed by atoms with Crippen molar-refractivity contribution in [1.82, 2.24) is 9.88 Å². The number of nitrogens with zero attached hydrogens (tertiary/aromatic N) is 3. The first-order valence-corrected chi connectivity index (χ1v) is 9.05. The highest BCUT2D eigenvalue weighted by Crippen LogP contribution is 2.29. The highest BCUT2D eigenvalue weighted by molar-refractivity contribution is 7.19. The average Bonchev–Trinajstić information content (AvgIpc) is 3.21. The molecule has 1 aliphatic heterocycles. The minimum absolute atomic E-state index is 0.00570. The van der Waals surface area contributed by atoms with Gasteiger partial charge in [0.15, 0.2) is 0 Å². The van der Waals surface area contributed by atoms with E-state index in [0.29, 0.717) is 16.1 Å². The van der Waals surface area contributed by atoms with Crippen LogP contribution in [0.4, 0.5) is 0 Å². The van der Waals surface area contributed by atoms with Gasteiger partial charge in [0.25, 0.3) is 11.8 Å². The Labute approximate surface area is 158 Å². The zero-order valence-corrected chi connectivity index (χ0v) is 14.9. The average molecular weight is 375 g/mol. The van der Waals surface area contributed by atoms with E-state index in [1.54, 1.807) is 24.3 Å². The fraction of sp³-hybridized carbons (Fsp3) is 0.100. The van der Waals surface area contributed by atoms with Gasteiger partial charge in [-0.05, 0) is 24.3 Å². The lowest BCUT2D eigenvalue weighted by atomic mass is 10.1. The number of nitriles is 1. The number of para-hydroxylation sites is 1. The van der Waals surface area contributed by atoms with Gasteiger partial charge in [0.2, 0.25) is 0 Å². The molecule has 0 unspecified atom stereocenters. The summed E-state index contributed by atoms with van der Waals surface area (Å²) in [5.41, 5.74) is 1.53. The maximum Gasteiger partial charge on any atom is 0.261 e. The molecule has 2 aromatic carbocycles. The molecule has 3 aromatic rings. The number of imide groups is 1. The Morgan fingerprint density at radius 3 is 2.33 bits per heavy atom. The third-order valence-electron chi connectivity index (χ3n) is 4.36. The maximum absolute atomic E-state index is 12.4. The fourth-order valence-electron chi connectivity index (χ4n) is 3.00. The fourth-order valence-corrected chi connectivity index (χ4v) is 3.98. The Morgan fingerprint density at radius 2 is 1.70 bits per heavy atom. The number of hydrogen-bond acceptors (Lipinski definition) is 6. The van der Waals surface area contributed by atoms with E-state index in [9.17, 15) is 20.0 Å². The van der Waals surface area contributed by atoms with Gasteiger partial charge in [-0.3, -0.25) is 14.5 Å². The lowest BCUT2D eigenvalue weighted by Crippen LogP contribution is -2.31. The van der Waals surface area contributed by atoms with Gasteiger partial charge in [-0.15, -0.1) is 11.3 Å². The molecule has 0 radical (unpaired) electrons. The smallest absolute Gasteiger partial charge is 0.261 e. The quantitative estimate of drug-likeness (QED) is 0.425. The molecule has 4 rings (SSSR count). The first-order chi connectivity index (χ1) is 13.1. The van der Waals surface area contributed by atoms with E-state index >= 15 is 0 Å². The minimum atomic E-state index is -0.387. The van der Waals surface area contributed by atoms with E-state index in [1.165, 1.54) is 11.3 Å². The van der Waals surface area contributed by atoms with Gasteiger partial charge in [-0.1, -0.05) is 24.3 Å². The summed E-state index contributed by atoms with van der Waals surface area (Å²) in [6.45, 7) is -0.00570. The molecule has 1 N–H and O–H groups in total. The molecule has 0 bridgehead atoms. The molecule has 1 aliphatic rings. The van der Waals surface area contributed by atoms with Gasteiger partial charge in [-0.25, -0.2) is 4.98 Å². The summed E-state index contributed by atoms with van der Waals surface area (Å²) in [6.07, 6.45) is -0.00964. The number of carbonyl (C=O) groups is 2. The van der Waals surface area contributed by atoms with Crippen molar-refractivity contribution in [3.05, 3.63) is 70.4 Å². The topological polar surface area (TPSA) is 94.3 Å². The summed E-state index contributed by atoms with van der Waals surface area (Å²) in [4.78, 5) is 30.2. The number of hydrogen-bond donors (Lipinski definition) is 1. The molecule has 6 nitrogen and oxygen atoms in total. The van der Waals surface area contributed by atoms with Gasteiger partial charge in [0, 0.05) is 13.0 Å². The molecule has 7 heteroatoms. The predicted octanol–water partition coefficient (Wildman–Crippen LogP) is 3.78. The summed E-state index contributed by atoms with van der Waals surface area (Å²) < 4.78 is 0.911. The van der Waals surface area contributed by atoms with E-state index in [4.69, 9.17) is 0 Å². The Morgan fingerprint density at radius 1 is 1.07 bits per heavy atom. The number of rotatable bonds is 4. The van der Waals surface area contributed by atoms with Crippen LogP contribution in [0, 0.1) is 11.3 Å². The van der Waals surface area contributed by atoms with Gasteiger partial charge < -0.3 is 5.11 Å². The summed E-state index contributed by atoms with van der Waals surface area (Å²) in [6, 6.07) is 16.0. The molecule has 0 fully saturated rings. The number of aliphatic hydroxyl groups is 1. The van der Waals surface area contributed by atoms with Crippen LogP contribution >= 0.6 is 11.3 Å². The van der Waals surface area contributed by atoms with Gasteiger partial charge in [0.05, 0.1) is 21.3 Å². The largest absolute Gasteiger partial charge is 0.511 e. The van der Waals surface area contributed by atoms with E-state index in [0.717, 1.165) is 15.1 Å². The monoisotopic (exact) mass is 375 g/mol. The second-order valence-electron chi connectivity index (χ2n) is 5.98. The molecule has 0 aliphatic carbocycles. The third kappa shape index (κ3) is 2.86. The lowest BCUT2D eigenvalue weighted by Gasteiger charge is -2.13. The zero-order chi connectivity index (χ0) is 19.0. The number of thiazole rings is 1. The van der Waals surface area contributed by atoms with Crippen LogP contribution in [0.25, 0.3) is 15.8 Å². The SMILES string of the molecule is N#CC(=C(O)CCN1C(=O)c2ccccc2C1=O)c1nc2ccccc2s1. The number of carbonyl (C=O) groups excluding carboxylic acids is 2. The molecular weight excluding hydrogens is 362 g/mol. The Bertz CT molecular complexity index is 1090. The van der Waals surface area contributed by atoms with Gasteiger partial charge in [0.1, 0.15) is 22.4 Å². The van der Waals surface area contributed by atoms with Crippen molar-refractivity contribution >= 4 is 38.9 Å². The maximum atomic E-state index is 12.4. The van der Waals surface area contributed by atoms with E-state index in [1.807, 2.05) is 30.3 Å². The molecule has 27 heavy (non-hydrogen) atoms. The number of aromatic nitrogens is 1. The highest BCUT2D eigenvalue weighted by Gasteiger charge is 2.34. The van der Waals surface area contributed by atoms with Crippen molar-refractivity contribution in [1.29, 1.82) is 5.26 Å². The summed E-state index contributed by atoms with van der Waals surface area (Å²) in [7, 11) is 0. The van der Waals surface area contributed by atoms with Crippen LogP contribution in [0.3, 0.4) is 0 Å². The second kappa shape index (κ2) is 6.67. The van der Waals surface area contributed by atoms with Crippen molar-refractivity contribution in [2.75, 3.05) is 6.54 Å². The molecule has 0 saturated heterocycles. The van der Waals surface area contributed by atoms with E-state index in [2.05, 4.69) is 4.98 Å². The van der Waals surface area contributed by atoms with Crippen LogP contribution < -0.4 is 0 Å². The van der Waals surface area contributed by atoms with E-state index in [-0.39, 0.29) is 36.1 Å². The first kappa shape index (κ1) is 16.9. The highest BCUT2D eigenvalue weighted by atomic mass is 32.1. The predicted molar refractivity (Wildman–Crippen MR) is 101 cm³/mol. The molecule has 132 valence electrons. The van der Waals surface area contributed by atoms with Crippen LogP contribution in [0.5, 0.6) is 0 Å². The minimum Gasteiger partial charge on any atom is -0.511 e. The van der Waals surface area contributed by atoms with Crippen molar-refractivity contribution < 1.29 is 14.7 Å². The van der Waals surface area contributed by atoms with Crippen LogP contribution in [-0.2, 0) is 0 Å². The van der Waals surface area contributed by atoms with Gasteiger partial charge in [-0.2, -0.15) is 5.26 Å². The van der Waals surface area contributed by atoms with E-state index < -0.39 is 0 Å². The Balaban J connectivity index is 1.57. The molecular formula is C20H13N3O3S. The number of aliphatic hydroxyl groups excluding tert-OH is 1. The molecule has 0 spiro atoms. The summed E-state index contributed by atoms with van der Waals surface area (Å²) in [5, 5.41) is 20.3. The molecule has 0 atom stereocenters. The standard InChI is InChI=1S/C20H13N3O3S/c21-11-14(18-22-15-7-3-4-8-17(15)27-18)16(24)9-10-23-19(25)12-5-1-2-6-13(12)20(23)26/h1-8,24H,9-10H2. The normalized spacial score (nSPS) is 14.3. The van der Waals surface area contributed by atoms with Crippen LogP contribution in [-0.4, -0.2) is 33.3 Å². The molecule has 1 aromatic heterocycles. The van der Waals surface area contributed by atoms with Crippen molar-refractivity contribution in [3.8, 4) is 6.07 Å². The Kier molecular flexibility index (Phi) is 4.18. The van der Waals surface area contributed by atoms with Crippen LogP contribution in [0.1, 0.15) is 32.1 Å². The first-order valence-electron chi connectivity index (χ1n) is 8.23. The van der Waals surface area contributed by atoms with Crippen LogP contribution in [0.2, 0.25) is 0 Å². The number of fused-ring (bicyclic) bond motifs is 2. The van der Waals surface area contributed by atoms with Crippen molar-refractivity contribution in [2.45, 2.75) is 6.42 Å². The second-order valence-corrected chi connectivity index (χ2v) is 7.01. The molecule has 2 amide bonds. The summed E-state index contributed by atoms with van der Waals surface area (Å²) in [5.74, 6) is -0.961. The number of allylic oxidation sites excluding steroid dienone is 1. The van der Waals surface area contributed by atoms with Crippen LogP contribution in [0.15, 0.2) is 54.3 Å². The molecule has 2 heterocycles. The Hall–Kier alpha value is -3.50. The van der Waals surface area contributed by atoms with Crippen molar-refractivity contribution in [3.63, 3.8) is 0 Å². The molecule has 0 saturated carbocycles. The third-order valence-corrected chi connectivity index (χ3v) is 5.41. The van der Waals surface area contributed by atoms with Gasteiger partial charge >= 0.3 is 0 Å². The summed E-state index contributed by atoms with van der Waals surface area (Å²) >= 11 is 1.31.